The number of benzene rings is 2. The molecule has 2 amide bonds. The zero-order valence-corrected chi connectivity index (χ0v) is 19.4. The summed E-state index contributed by atoms with van der Waals surface area (Å²) in [5.74, 6) is 0.322. The van der Waals surface area contributed by atoms with Crippen LogP contribution in [0.25, 0.3) is 22.0 Å². The van der Waals surface area contributed by atoms with Crippen molar-refractivity contribution < 1.29 is 23.8 Å². The fourth-order valence-corrected chi connectivity index (χ4v) is 4.15. The molecule has 0 atom stereocenters. The van der Waals surface area contributed by atoms with Crippen LogP contribution < -0.4 is 19.5 Å². The molecular weight excluding hydrogens is 422 g/mol. The van der Waals surface area contributed by atoms with Gasteiger partial charge in [-0.1, -0.05) is 18.2 Å². The van der Waals surface area contributed by atoms with Crippen LogP contribution >= 0.6 is 0 Å². The Bertz CT molecular complexity index is 1250. The lowest BCUT2D eigenvalue weighted by atomic mass is 9.95. The van der Waals surface area contributed by atoms with E-state index in [1.807, 2.05) is 44.6 Å². The summed E-state index contributed by atoms with van der Waals surface area (Å²) >= 11 is 0. The highest BCUT2D eigenvalue weighted by molar-refractivity contribution is 6.50. The molecule has 1 aliphatic rings. The third-order valence-electron chi connectivity index (χ3n) is 5.73. The van der Waals surface area contributed by atoms with E-state index in [9.17, 15) is 9.59 Å². The van der Waals surface area contributed by atoms with E-state index in [1.165, 1.54) is 21.3 Å². The minimum atomic E-state index is -0.464. The lowest BCUT2D eigenvalue weighted by Crippen LogP contribution is -2.22. The summed E-state index contributed by atoms with van der Waals surface area (Å²) in [4.78, 5) is 28.1. The van der Waals surface area contributed by atoms with Gasteiger partial charge in [0.05, 0.1) is 32.5 Å². The van der Waals surface area contributed by atoms with Gasteiger partial charge in [0.25, 0.3) is 11.8 Å². The lowest BCUT2D eigenvalue weighted by molar-refractivity contribution is -0.122. The zero-order valence-electron chi connectivity index (χ0n) is 19.4. The number of methoxy groups -OCH3 is 3. The number of rotatable bonds is 8. The summed E-state index contributed by atoms with van der Waals surface area (Å²) in [6.45, 7) is 1.58. The number of ether oxygens (including phenoxy) is 3. The second-order valence-electron chi connectivity index (χ2n) is 8.00. The van der Waals surface area contributed by atoms with E-state index in [2.05, 4.69) is 14.8 Å². The third-order valence-corrected chi connectivity index (χ3v) is 5.73. The summed E-state index contributed by atoms with van der Waals surface area (Å²) in [6.07, 6.45) is 1.94. The molecule has 1 N–H and O–H groups in total. The normalized spacial score (nSPS) is 13.8. The van der Waals surface area contributed by atoms with Crippen molar-refractivity contribution in [2.75, 3.05) is 42.0 Å². The number of aromatic nitrogens is 1. The van der Waals surface area contributed by atoms with Crippen molar-refractivity contribution >= 4 is 33.9 Å². The van der Waals surface area contributed by atoms with E-state index < -0.39 is 11.8 Å². The molecule has 0 saturated heterocycles. The molecule has 1 aliphatic heterocycles. The molecule has 0 unspecified atom stereocenters. The van der Waals surface area contributed by atoms with Crippen LogP contribution in [0.4, 0.5) is 0 Å². The average Bonchev–Trinajstić information content (AvgIpc) is 3.32. The van der Waals surface area contributed by atoms with Crippen LogP contribution in [0.5, 0.6) is 17.2 Å². The number of hydrogen-bond donors (Lipinski definition) is 1. The second kappa shape index (κ2) is 8.99. The van der Waals surface area contributed by atoms with E-state index in [0.29, 0.717) is 33.9 Å². The number of hydrogen-bond acceptors (Lipinski definition) is 6. The number of nitrogens with one attached hydrogen (secondary N) is 1. The van der Waals surface area contributed by atoms with Gasteiger partial charge in [0.15, 0.2) is 11.5 Å². The first-order valence-corrected chi connectivity index (χ1v) is 10.5. The highest BCUT2D eigenvalue weighted by Crippen LogP contribution is 2.43. The molecule has 33 heavy (non-hydrogen) atoms. The van der Waals surface area contributed by atoms with Gasteiger partial charge in [0.2, 0.25) is 5.75 Å². The Morgan fingerprint density at radius 3 is 2.15 bits per heavy atom. The first-order chi connectivity index (χ1) is 15.9. The highest BCUT2D eigenvalue weighted by atomic mass is 16.5. The second-order valence-corrected chi connectivity index (χ2v) is 8.00. The first kappa shape index (κ1) is 22.4. The summed E-state index contributed by atoms with van der Waals surface area (Å²) in [6, 6.07) is 11.2. The van der Waals surface area contributed by atoms with Gasteiger partial charge in [-0.3, -0.25) is 14.9 Å². The van der Waals surface area contributed by atoms with Crippen molar-refractivity contribution in [2.24, 2.45) is 0 Å². The van der Waals surface area contributed by atoms with Gasteiger partial charge in [-0.2, -0.15) is 0 Å². The van der Waals surface area contributed by atoms with Crippen LogP contribution in [0.15, 0.2) is 42.6 Å². The Labute approximate surface area is 192 Å². The van der Waals surface area contributed by atoms with Gasteiger partial charge in [-0.25, -0.2) is 0 Å². The summed E-state index contributed by atoms with van der Waals surface area (Å²) in [5.41, 5.74) is 2.81. The Kier molecular flexibility index (Phi) is 6.11. The molecule has 0 spiro atoms. The van der Waals surface area contributed by atoms with Gasteiger partial charge in [-0.05, 0) is 37.9 Å². The zero-order chi connectivity index (χ0) is 23.7. The monoisotopic (exact) mass is 449 g/mol. The highest BCUT2D eigenvalue weighted by Gasteiger charge is 2.35. The number of carbonyl (C=O) groups is 2. The molecule has 1 aromatic heterocycles. The SMILES string of the molecule is COc1cc(C2=C(c3cn(CCN(C)C)c4ccccc34)C(=O)NC2=O)cc(OC)c1OC. The van der Waals surface area contributed by atoms with Crippen LogP contribution in [0.2, 0.25) is 0 Å². The third kappa shape index (κ3) is 3.93. The van der Waals surface area contributed by atoms with Gasteiger partial charge < -0.3 is 23.7 Å². The standard InChI is InChI=1S/C25H27N3O5/c1-27(2)10-11-28-14-17(16-8-6-7-9-18(16)28)22-21(24(29)26-25(22)30)15-12-19(31-3)23(33-5)20(13-15)32-4/h6-9,12-14H,10-11H2,1-5H3,(H,26,29,30). The largest absolute Gasteiger partial charge is 0.493 e. The molecule has 0 radical (unpaired) electrons. The minimum absolute atomic E-state index is 0.273. The number of nitrogens with zero attached hydrogens (tertiary/aromatic N) is 2. The average molecular weight is 450 g/mol. The van der Waals surface area contributed by atoms with Crippen molar-refractivity contribution in [3.63, 3.8) is 0 Å². The molecule has 8 nitrogen and oxygen atoms in total. The van der Waals surface area contributed by atoms with E-state index in [4.69, 9.17) is 14.2 Å². The Balaban J connectivity index is 1.96. The fourth-order valence-electron chi connectivity index (χ4n) is 4.15. The Morgan fingerprint density at radius 1 is 0.909 bits per heavy atom. The quantitative estimate of drug-likeness (QED) is 0.533. The van der Waals surface area contributed by atoms with Gasteiger partial charge >= 0.3 is 0 Å². The molecule has 3 aromatic rings. The van der Waals surface area contributed by atoms with Crippen molar-refractivity contribution in [3.8, 4) is 17.2 Å². The van der Waals surface area contributed by atoms with Gasteiger partial charge in [0.1, 0.15) is 0 Å². The number of amides is 2. The topological polar surface area (TPSA) is 82.0 Å². The Morgan fingerprint density at radius 2 is 1.55 bits per heavy atom. The van der Waals surface area contributed by atoms with Crippen LogP contribution in [-0.2, 0) is 16.1 Å². The van der Waals surface area contributed by atoms with Crippen LogP contribution in [-0.4, -0.2) is 63.3 Å². The minimum Gasteiger partial charge on any atom is -0.493 e. The van der Waals surface area contributed by atoms with E-state index in [1.54, 1.807) is 12.1 Å². The van der Waals surface area contributed by atoms with Crippen LogP contribution in [0.3, 0.4) is 0 Å². The van der Waals surface area contributed by atoms with E-state index >= 15 is 0 Å². The molecule has 2 aromatic carbocycles. The fraction of sp³-hybridized carbons (Fsp3) is 0.280. The number of likely N-dealkylation sites (N-methyl/N-ethyl adjacent to an activating group) is 1. The predicted molar refractivity (Wildman–Crippen MR) is 127 cm³/mol. The van der Waals surface area contributed by atoms with Crippen LogP contribution in [0.1, 0.15) is 11.1 Å². The molecule has 8 heteroatoms. The summed E-state index contributed by atoms with van der Waals surface area (Å²) < 4.78 is 18.4. The number of fused-ring (bicyclic) bond motifs is 1. The number of imide groups is 1. The lowest BCUT2D eigenvalue weighted by Gasteiger charge is -2.14. The molecule has 4 rings (SSSR count). The van der Waals surface area contributed by atoms with Crippen LogP contribution in [0, 0.1) is 0 Å². The van der Waals surface area contributed by atoms with Gasteiger partial charge in [0, 0.05) is 35.8 Å². The predicted octanol–water partition coefficient (Wildman–Crippen LogP) is 2.80. The molecule has 2 heterocycles. The smallest absolute Gasteiger partial charge is 0.259 e. The molecule has 0 bridgehead atoms. The van der Waals surface area contributed by atoms with Crippen molar-refractivity contribution in [2.45, 2.75) is 6.54 Å². The maximum absolute atomic E-state index is 13.0. The van der Waals surface area contributed by atoms with E-state index in [-0.39, 0.29) is 5.57 Å². The molecule has 0 fully saturated rings. The maximum atomic E-state index is 13.0. The summed E-state index contributed by atoms with van der Waals surface area (Å²) in [5, 5.41) is 3.36. The Hall–Kier alpha value is -3.78. The van der Waals surface area contributed by atoms with E-state index in [0.717, 1.165) is 24.0 Å². The molecular formula is C25H27N3O5. The summed E-state index contributed by atoms with van der Waals surface area (Å²) in [7, 11) is 8.56. The van der Waals surface area contributed by atoms with Crippen molar-refractivity contribution in [1.82, 2.24) is 14.8 Å². The first-order valence-electron chi connectivity index (χ1n) is 10.5. The molecule has 0 saturated carbocycles. The number of para-hydroxylation sites is 1. The maximum Gasteiger partial charge on any atom is 0.259 e. The van der Waals surface area contributed by atoms with Gasteiger partial charge in [-0.15, -0.1) is 0 Å². The number of carbonyl (C=O) groups excluding carboxylic acids is 2. The van der Waals surface area contributed by atoms with Crippen molar-refractivity contribution in [1.29, 1.82) is 0 Å². The molecule has 0 aliphatic carbocycles. The molecule has 172 valence electrons. The van der Waals surface area contributed by atoms with Crippen molar-refractivity contribution in [3.05, 3.63) is 53.7 Å².